The Balaban J connectivity index is 2.06. The van der Waals surface area contributed by atoms with Gasteiger partial charge < -0.3 is 24.8 Å². The molecule has 5 atom stereocenters. The average molecular weight is 709 g/mol. The van der Waals surface area contributed by atoms with Crippen molar-refractivity contribution in [2.24, 2.45) is 17.8 Å². The van der Waals surface area contributed by atoms with E-state index in [4.69, 9.17) is 9.47 Å². The molecule has 1 fully saturated rings. The quantitative estimate of drug-likeness (QED) is 0.0349. The van der Waals surface area contributed by atoms with Crippen LogP contribution in [-0.2, 0) is 23.9 Å². The summed E-state index contributed by atoms with van der Waals surface area (Å²) in [5.74, 6) is -0.349. The van der Waals surface area contributed by atoms with Gasteiger partial charge in [0.25, 0.3) is 0 Å². The van der Waals surface area contributed by atoms with Gasteiger partial charge in [0.05, 0.1) is 18.8 Å². The summed E-state index contributed by atoms with van der Waals surface area (Å²) in [7, 11) is 0. The highest BCUT2D eigenvalue weighted by atomic mass is 16.6. The van der Waals surface area contributed by atoms with Crippen molar-refractivity contribution < 1.29 is 39.2 Å². The van der Waals surface area contributed by atoms with Crippen LogP contribution in [0.1, 0.15) is 188 Å². The molecule has 0 heterocycles. The number of aliphatic hydroxyl groups is 3. The van der Waals surface area contributed by atoms with E-state index in [-0.39, 0.29) is 55.6 Å². The van der Waals surface area contributed by atoms with Gasteiger partial charge in [-0.15, -0.1) is 0 Å². The van der Waals surface area contributed by atoms with Crippen molar-refractivity contribution in [3.05, 3.63) is 12.2 Å². The molecule has 3 N–H and O–H groups in total. The molecule has 50 heavy (non-hydrogen) atoms. The van der Waals surface area contributed by atoms with Crippen LogP contribution in [0.25, 0.3) is 0 Å². The first-order valence-corrected chi connectivity index (χ1v) is 20.7. The van der Waals surface area contributed by atoms with E-state index in [0.29, 0.717) is 19.3 Å². The van der Waals surface area contributed by atoms with Crippen LogP contribution in [0.4, 0.5) is 0 Å². The lowest BCUT2D eigenvalue weighted by Crippen LogP contribution is -2.28. The molecule has 1 rings (SSSR count). The fraction of sp³-hybridized carbons (Fsp3) is 0.881. The molecule has 0 aliphatic heterocycles. The first-order valence-electron chi connectivity index (χ1n) is 20.7. The lowest BCUT2D eigenvalue weighted by atomic mass is 9.88. The van der Waals surface area contributed by atoms with Crippen LogP contribution in [0.5, 0.6) is 0 Å². The van der Waals surface area contributed by atoms with Gasteiger partial charge in [-0.2, -0.15) is 0 Å². The molecule has 292 valence electrons. The van der Waals surface area contributed by atoms with Crippen LogP contribution in [0.3, 0.4) is 0 Å². The minimum Gasteiger partial charge on any atom is -0.462 e. The van der Waals surface area contributed by atoms with Crippen LogP contribution in [0, 0.1) is 17.8 Å². The number of rotatable bonds is 33. The standard InChI is InChI=1S/C42H76O8/c1-4-5-19-25-35(44)29-30-38-37(39(45)31-40(38)46)26-21-17-18-22-27-41(47)49-33-36(32-43)50-42(48)28-23-16-14-12-10-8-6-7-9-11-13-15-20-24-34(2)3/h29-30,34-39,43-45H,4-28,31-33H2,1-3H3/b30-29+/t35-,36-,37+,38+,39-/m0/s1. The highest BCUT2D eigenvalue weighted by Gasteiger charge is 2.39. The summed E-state index contributed by atoms with van der Waals surface area (Å²) in [5.41, 5.74) is 0. The Hall–Kier alpha value is -1.77. The van der Waals surface area contributed by atoms with Gasteiger partial charge in [0.1, 0.15) is 12.4 Å². The van der Waals surface area contributed by atoms with Crippen molar-refractivity contribution in [1.29, 1.82) is 0 Å². The number of hydrogen-bond acceptors (Lipinski definition) is 8. The number of ketones is 1. The van der Waals surface area contributed by atoms with Crippen LogP contribution >= 0.6 is 0 Å². The first kappa shape index (κ1) is 46.3. The first-order chi connectivity index (χ1) is 24.2. The molecule has 0 radical (unpaired) electrons. The Labute approximate surface area is 305 Å². The number of allylic oxidation sites excluding steroid dienone is 1. The van der Waals surface area contributed by atoms with Crippen LogP contribution in [-0.4, -0.2) is 64.6 Å². The lowest BCUT2D eigenvalue weighted by molar-refractivity contribution is -0.161. The summed E-state index contributed by atoms with van der Waals surface area (Å²) in [4.78, 5) is 36.9. The van der Waals surface area contributed by atoms with Crippen molar-refractivity contribution in [1.82, 2.24) is 0 Å². The Morgan fingerprint density at radius 1 is 0.760 bits per heavy atom. The molecule has 0 spiro atoms. The van der Waals surface area contributed by atoms with Gasteiger partial charge in [-0.1, -0.05) is 155 Å². The molecule has 1 aliphatic rings. The number of hydrogen-bond donors (Lipinski definition) is 3. The fourth-order valence-corrected chi connectivity index (χ4v) is 6.94. The lowest BCUT2D eigenvalue weighted by Gasteiger charge is -2.19. The molecule has 0 aromatic rings. The minimum atomic E-state index is -0.841. The molecule has 0 bridgehead atoms. The smallest absolute Gasteiger partial charge is 0.306 e. The Morgan fingerprint density at radius 3 is 1.84 bits per heavy atom. The van der Waals surface area contributed by atoms with Gasteiger partial charge in [0.2, 0.25) is 0 Å². The van der Waals surface area contributed by atoms with Crippen LogP contribution in [0.15, 0.2) is 12.2 Å². The number of Topliss-reactive ketones (excluding diaryl/α,β-unsaturated/α-hetero) is 1. The second kappa shape index (κ2) is 30.8. The van der Waals surface area contributed by atoms with Gasteiger partial charge in [-0.3, -0.25) is 14.4 Å². The zero-order valence-corrected chi connectivity index (χ0v) is 32.3. The third kappa shape index (κ3) is 24.4. The molecule has 0 aromatic carbocycles. The third-order valence-electron chi connectivity index (χ3n) is 10.1. The summed E-state index contributed by atoms with van der Waals surface area (Å²) >= 11 is 0. The largest absolute Gasteiger partial charge is 0.462 e. The molecule has 8 heteroatoms. The average Bonchev–Trinajstić information content (AvgIpc) is 3.35. The summed E-state index contributed by atoms with van der Waals surface area (Å²) < 4.78 is 10.6. The number of carbonyl (C=O) groups excluding carboxylic acids is 3. The Kier molecular flexibility index (Phi) is 28.5. The number of ether oxygens (including phenoxy) is 2. The van der Waals surface area contributed by atoms with E-state index in [1.54, 1.807) is 12.2 Å². The molecular weight excluding hydrogens is 632 g/mol. The molecule has 8 nitrogen and oxygen atoms in total. The van der Waals surface area contributed by atoms with Gasteiger partial charge in [0.15, 0.2) is 6.10 Å². The summed E-state index contributed by atoms with van der Waals surface area (Å²) in [6, 6.07) is 0. The number of aliphatic hydroxyl groups excluding tert-OH is 3. The molecule has 1 aliphatic carbocycles. The monoisotopic (exact) mass is 709 g/mol. The van der Waals surface area contributed by atoms with E-state index in [1.165, 1.54) is 70.6 Å². The van der Waals surface area contributed by atoms with Crippen molar-refractivity contribution >= 4 is 17.7 Å². The summed E-state index contributed by atoms with van der Waals surface area (Å²) in [6.07, 6.45) is 27.5. The van der Waals surface area contributed by atoms with E-state index >= 15 is 0 Å². The van der Waals surface area contributed by atoms with Gasteiger partial charge in [0, 0.05) is 25.2 Å². The zero-order chi connectivity index (χ0) is 36.8. The summed E-state index contributed by atoms with van der Waals surface area (Å²) in [6.45, 7) is 6.19. The maximum atomic E-state index is 12.4. The fourth-order valence-electron chi connectivity index (χ4n) is 6.94. The van der Waals surface area contributed by atoms with Crippen molar-refractivity contribution in [2.45, 2.75) is 206 Å². The van der Waals surface area contributed by atoms with Gasteiger partial charge in [-0.05, 0) is 37.5 Å². The predicted molar refractivity (Wildman–Crippen MR) is 202 cm³/mol. The normalized spacial score (nSPS) is 19.0. The highest BCUT2D eigenvalue weighted by molar-refractivity contribution is 5.86. The van der Waals surface area contributed by atoms with Crippen molar-refractivity contribution in [3.63, 3.8) is 0 Å². The van der Waals surface area contributed by atoms with Crippen molar-refractivity contribution in [2.75, 3.05) is 13.2 Å². The van der Waals surface area contributed by atoms with Crippen molar-refractivity contribution in [3.8, 4) is 0 Å². The van der Waals surface area contributed by atoms with E-state index in [0.717, 1.165) is 70.1 Å². The summed E-state index contributed by atoms with van der Waals surface area (Å²) in [5, 5.41) is 30.2. The van der Waals surface area contributed by atoms with Crippen LogP contribution < -0.4 is 0 Å². The molecule has 0 unspecified atom stereocenters. The molecule has 0 saturated heterocycles. The molecule has 0 amide bonds. The second-order valence-corrected chi connectivity index (χ2v) is 15.3. The highest BCUT2D eigenvalue weighted by Crippen LogP contribution is 2.34. The van der Waals surface area contributed by atoms with Gasteiger partial charge in [-0.25, -0.2) is 0 Å². The molecule has 0 aromatic heterocycles. The second-order valence-electron chi connectivity index (χ2n) is 15.3. The zero-order valence-electron chi connectivity index (χ0n) is 32.3. The Bertz CT molecular complexity index is 887. The number of carbonyl (C=O) groups is 3. The number of esters is 2. The maximum absolute atomic E-state index is 12.4. The predicted octanol–water partition coefficient (Wildman–Crippen LogP) is 9.35. The Morgan fingerprint density at radius 2 is 1.28 bits per heavy atom. The van der Waals surface area contributed by atoms with Crippen LogP contribution in [0.2, 0.25) is 0 Å². The molecular formula is C42H76O8. The SMILES string of the molecule is CCCCC[C@H](O)/C=C/[C@H]1C(=O)C[C@H](O)[C@@H]1CCCCCCC(=O)OC[C@H](CO)OC(=O)CCCCCCCCCCCCCCCC(C)C. The van der Waals surface area contributed by atoms with E-state index in [2.05, 4.69) is 20.8 Å². The van der Waals surface area contributed by atoms with E-state index < -0.39 is 18.3 Å². The minimum absolute atomic E-state index is 0.0361. The van der Waals surface area contributed by atoms with Gasteiger partial charge >= 0.3 is 11.9 Å². The number of unbranched alkanes of at least 4 members (excludes halogenated alkanes) is 17. The molecule has 1 saturated carbocycles. The van der Waals surface area contributed by atoms with E-state index in [9.17, 15) is 29.7 Å². The third-order valence-corrected chi connectivity index (χ3v) is 10.1. The van der Waals surface area contributed by atoms with E-state index in [1.807, 2.05) is 0 Å². The maximum Gasteiger partial charge on any atom is 0.306 e. The topological polar surface area (TPSA) is 130 Å².